The van der Waals surface area contributed by atoms with E-state index in [0.29, 0.717) is 38.3 Å². The Balaban J connectivity index is 1.73. The minimum absolute atomic E-state index is 0.178. The van der Waals surface area contributed by atoms with Crippen LogP contribution in [0.5, 0.6) is 17.2 Å². The highest BCUT2D eigenvalue weighted by atomic mass is 16.5. The molecule has 0 aliphatic heterocycles. The summed E-state index contributed by atoms with van der Waals surface area (Å²) >= 11 is 0. The predicted molar refractivity (Wildman–Crippen MR) is 106 cm³/mol. The molecule has 0 atom stereocenters. The minimum atomic E-state index is -0.178. The second-order valence-corrected chi connectivity index (χ2v) is 5.91. The van der Waals surface area contributed by atoms with E-state index in [9.17, 15) is 4.79 Å². The Hall–Kier alpha value is -2.89. The van der Waals surface area contributed by atoms with Crippen molar-refractivity contribution in [2.75, 3.05) is 33.9 Å². The zero-order valence-electron chi connectivity index (χ0n) is 16.2. The number of methoxy groups -OCH3 is 2. The van der Waals surface area contributed by atoms with Gasteiger partial charge in [0.15, 0.2) is 11.5 Å². The van der Waals surface area contributed by atoms with Crippen LogP contribution in [0.4, 0.5) is 4.79 Å². The molecule has 6 heteroatoms. The van der Waals surface area contributed by atoms with Crippen LogP contribution in [0.2, 0.25) is 0 Å². The third-order valence-corrected chi connectivity index (χ3v) is 4.10. The van der Waals surface area contributed by atoms with E-state index >= 15 is 0 Å². The Morgan fingerprint density at radius 1 is 0.889 bits per heavy atom. The van der Waals surface area contributed by atoms with Crippen molar-refractivity contribution in [1.29, 1.82) is 0 Å². The number of para-hydroxylation sites is 1. The summed E-state index contributed by atoms with van der Waals surface area (Å²) in [6, 6.07) is 13.4. The van der Waals surface area contributed by atoms with E-state index < -0.39 is 0 Å². The number of rotatable bonds is 10. The van der Waals surface area contributed by atoms with Gasteiger partial charge >= 0.3 is 6.03 Å². The van der Waals surface area contributed by atoms with Crippen LogP contribution >= 0.6 is 0 Å². The number of ether oxygens (including phenoxy) is 3. The van der Waals surface area contributed by atoms with E-state index in [0.717, 1.165) is 22.6 Å². The summed E-state index contributed by atoms with van der Waals surface area (Å²) in [5.74, 6) is 2.27. The molecule has 0 bridgehead atoms. The fourth-order valence-electron chi connectivity index (χ4n) is 2.75. The van der Waals surface area contributed by atoms with Crippen LogP contribution in [-0.2, 0) is 12.8 Å². The second kappa shape index (κ2) is 11.0. The van der Waals surface area contributed by atoms with Crippen LogP contribution in [-0.4, -0.2) is 39.9 Å². The van der Waals surface area contributed by atoms with Crippen LogP contribution in [0, 0.1) is 0 Å². The van der Waals surface area contributed by atoms with Crippen LogP contribution in [0.3, 0.4) is 0 Å². The van der Waals surface area contributed by atoms with E-state index in [-0.39, 0.29) is 6.03 Å². The number of carbonyl (C=O) groups is 1. The quantitative estimate of drug-likeness (QED) is 0.672. The Kier molecular flexibility index (Phi) is 8.29. The molecule has 0 fully saturated rings. The Bertz CT molecular complexity index is 734. The van der Waals surface area contributed by atoms with Crippen LogP contribution in [0.15, 0.2) is 42.5 Å². The summed E-state index contributed by atoms with van der Waals surface area (Å²) in [6.07, 6.45) is 1.43. The number of nitrogens with one attached hydrogen (secondary N) is 2. The van der Waals surface area contributed by atoms with Gasteiger partial charge in [-0.15, -0.1) is 0 Å². The summed E-state index contributed by atoms with van der Waals surface area (Å²) < 4.78 is 16.2. The molecule has 2 rings (SSSR count). The number of benzene rings is 2. The van der Waals surface area contributed by atoms with Crippen molar-refractivity contribution < 1.29 is 19.0 Å². The largest absolute Gasteiger partial charge is 0.496 e. The first-order valence-electron chi connectivity index (χ1n) is 9.11. The highest BCUT2D eigenvalue weighted by Crippen LogP contribution is 2.28. The van der Waals surface area contributed by atoms with Crippen LogP contribution in [0.1, 0.15) is 18.1 Å². The molecular formula is C21H28N2O4. The smallest absolute Gasteiger partial charge is 0.314 e. The lowest BCUT2D eigenvalue weighted by Crippen LogP contribution is -2.37. The fraction of sp³-hybridized carbons (Fsp3) is 0.381. The molecule has 0 saturated carbocycles. The Morgan fingerprint density at radius 3 is 2.30 bits per heavy atom. The lowest BCUT2D eigenvalue weighted by atomic mass is 10.1. The van der Waals surface area contributed by atoms with Gasteiger partial charge in [0.25, 0.3) is 0 Å². The van der Waals surface area contributed by atoms with Gasteiger partial charge in [0.1, 0.15) is 5.75 Å². The normalized spacial score (nSPS) is 10.2. The molecule has 0 unspecified atom stereocenters. The Morgan fingerprint density at radius 2 is 1.59 bits per heavy atom. The van der Waals surface area contributed by atoms with E-state index in [4.69, 9.17) is 14.2 Å². The van der Waals surface area contributed by atoms with Crippen LogP contribution in [0.25, 0.3) is 0 Å². The first kappa shape index (κ1) is 20.4. The standard InChI is InChI=1S/C21H28N2O4/c1-4-27-19-10-9-16(15-20(19)26-3)11-13-22-21(24)23-14-12-17-7-5-6-8-18(17)25-2/h5-10,15H,4,11-14H2,1-3H3,(H2,22,23,24). The van der Waals surface area contributed by atoms with Gasteiger partial charge in [-0.3, -0.25) is 0 Å². The monoisotopic (exact) mass is 372 g/mol. The zero-order valence-corrected chi connectivity index (χ0v) is 16.2. The molecule has 27 heavy (non-hydrogen) atoms. The maximum atomic E-state index is 11.9. The van der Waals surface area contributed by atoms with Crippen LogP contribution < -0.4 is 24.8 Å². The summed E-state index contributed by atoms with van der Waals surface area (Å²) in [5, 5.41) is 5.74. The molecule has 0 aliphatic rings. The lowest BCUT2D eigenvalue weighted by molar-refractivity contribution is 0.241. The van der Waals surface area contributed by atoms with Crippen molar-refractivity contribution in [1.82, 2.24) is 10.6 Å². The van der Waals surface area contributed by atoms with Gasteiger partial charge < -0.3 is 24.8 Å². The van der Waals surface area contributed by atoms with E-state index in [2.05, 4.69) is 10.6 Å². The molecular weight excluding hydrogens is 344 g/mol. The maximum absolute atomic E-state index is 11.9. The summed E-state index contributed by atoms with van der Waals surface area (Å²) in [5.41, 5.74) is 2.14. The maximum Gasteiger partial charge on any atom is 0.314 e. The van der Waals surface area contributed by atoms with Crippen molar-refractivity contribution in [3.8, 4) is 17.2 Å². The number of amides is 2. The molecule has 0 spiro atoms. The average Bonchev–Trinajstić information content (AvgIpc) is 2.69. The Labute approximate surface area is 160 Å². The van der Waals surface area contributed by atoms with Gasteiger partial charge in [-0.1, -0.05) is 24.3 Å². The first-order chi connectivity index (χ1) is 13.2. The second-order valence-electron chi connectivity index (χ2n) is 5.91. The van der Waals surface area contributed by atoms with Gasteiger partial charge in [-0.05, 0) is 49.1 Å². The van der Waals surface area contributed by atoms with Gasteiger partial charge in [-0.25, -0.2) is 4.79 Å². The molecule has 2 aromatic carbocycles. The number of carbonyl (C=O) groups excluding carboxylic acids is 1. The summed E-state index contributed by atoms with van der Waals surface area (Å²) in [6.45, 7) is 3.61. The zero-order chi connectivity index (χ0) is 19.5. The number of urea groups is 1. The molecule has 0 aliphatic carbocycles. The molecule has 0 radical (unpaired) electrons. The molecule has 2 N–H and O–H groups in total. The van der Waals surface area contributed by atoms with E-state index in [1.54, 1.807) is 14.2 Å². The van der Waals surface area contributed by atoms with E-state index in [1.165, 1.54) is 0 Å². The first-order valence-corrected chi connectivity index (χ1v) is 9.11. The molecule has 6 nitrogen and oxygen atoms in total. The van der Waals surface area contributed by atoms with Crippen molar-refractivity contribution in [3.05, 3.63) is 53.6 Å². The SMILES string of the molecule is CCOc1ccc(CCNC(=O)NCCc2ccccc2OC)cc1OC. The van der Waals surface area contributed by atoms with Crippen molar-refractivity contribution >= 4 is 6.03 Å². The highest BCUT2D eigenvalue weighted by Gasteiger charge is 2.06. The predicted octanol–water partition coefficient (Wildman–Crippen LogP) is 3.19. The average molecular weight is 372 g/mol. The van der Waals surface area contributed by atoms with Crippen molar-refractivity contribution in [2.45, 2.75) is 19.8 Å². The van der Waals surface area contributed by atoms with Gasteiger partial charge in [0.05, 0.1) is 20.8 Å². The number of hydrogen-bond donors (Lipinski definition) is 2. The summed E-state index contributed by atoms with van der Waals surface area (Å²) in [7, 11) is 3.27. The molecule has 2 aromatic rings. The fourth-order valence-corrected chi connectivity index (χ4v) is 2.75. The third-order valence-electron chi connectivity index (χ3n) is 4.10. The van der Waals surface area contributed by atoms with Crippen molar-refractivity contribution in [3.63, 3.8) is 0 Å². The summed E-state index contributed by atoms with van der Waals surface area (Å²) in [4.78, 5) is 11.9. The number of hydrogen-bond acceptors (Lipinski definition) is 4. The van der Waals surface area contributed by atoms with Gasteiger partial charge in [0.2, 0.25) is 0 Å². The van der Waals surface area contributed by atoms with Gasteiger partial charge in [0, 0.05) is 13.1 Å². The topological polar surface area (TPSA) is 68.8 Å². The minimum Gasteiger partial charge on any atom is -0.496 e. The van der Waals surface area contributed by atoms with Gasteiger partial charge in [-0.2, -0.15) is 0 Å². The third kappa shape index (κ3) is 6.40. The molecule has 0 saturated heterocycles. The molecule has 0 heterocycles. The molecule has 2 amide bonds. The lowest BCUT2D eigenvalue weighted by Gasteiger charge is -2.12. The highest BCUT2D eigenvalue weighted by molar-refractivity contribution is 5.73. The molecule has 146 valence electrons. The van der Waals surface area contributed by atoms with Crippen molar-refractivity contribution in [2.24, 2.45) is 0 Å². The molecule has 0 aromatic heterocycles. The van der Waals surface area contributed by atoms with E-state index in [1.807, 2.05) is 49.4 Å².